The lowest BCUT2D eigenvalue weighted by atomic mass is 9.90. The van der Waals surface area contributed by atoms with Crippen LogP contribution in [0.4, 0.5) is 10.6 Å². The van der Waals surface area contributed by atoms with E-state index in [-0.39, 0.29) is 5.78 Å². The zero-order valence-electron chi connectivity index (χ0n) is 12.1. The van der Waals surface area contributed by atoms with E-state index in [1.165, 1.54) is 0 Å². The maximum atomic E-state index is 11.9. The number of fused-ring (bicyclic) bond motifs is 3. The van der Waals surface area contributed by atoms with E-state index in [4.69, 9.17) is 4.74 Å². The van der Waals surface area contributed by atoms with Crippen LogP contribution in [0.2, 0.25) is 0 Å². The number of rotatable bonds is 1. The number of pyridine rings is 1. The van der Waals surface area contributed by atoms with E-state index in [1.54, 1.807) is 13.1 Å². The predicted octanol–water partition coefficient (Wildman–Crippen LogP) is 2.84. The molecule has 2 aromatic rings. The van der Waals surface area contributed by atoms with Crippen LogP contribution in [0.3, 0.4) is 0 Å². The van der Waals surface area contributed by atoms with Crippen molar-refractivity contribution in [1.29, 1.82) is 0 Å². The summed E-state index contributed by atoms with van der Waals surface area (Å²) in [5, 5.41) is 2.64. The van der Waals surface area contributed by atoms with Crippen molar-refractivity contribution in [3.8, 4) is 0 Å². The molecule has 5 nitrogen and oxygen atoms in total. The van der Waals surface area contributed by atoms with E-state index < -0.39 is 11.7 Å². The number of nitrogens with zero attached hydrogens (tertiary/aromatic N) is 1. The van der Waals surface area contributed by atoms with Gasteiger partial charge in [0.25, 0.3) is 0 Å². The van der Waals surface area contributed by atoms with Gasteiger partial charge in [-0.25, -0.2) is 9.78 Å². The topological polar surface area (TPSA) is 68.3 Å². The lowest BCUT2D eigenvalue weighted by molar-refractivity contribution is 0.0193. The first-order valence-electron chi connectivity index (χ1n) is 7.16. The summed E-state index contributed by atoms with van der Waals surface area (Å²) in [5.41, 5.74) is 3.01. The molecule has 1 N–H and O–H groups in total. The van der Waals surface area contributed by atoms with Crippen LogP contribution >= 0.6 is 0 Å². The monoisotopic (exact) mass is 294 g/mol. The van der Waals surface area contributed by atoms with E-state index in [0.717, 1.165) is 16.7 Å². The van der Waals surface area contributed by atoms with Gasteiger partial charge >= 0.3 is 6.09 Å². The highest BCUT2D eigenvalue weighted by Crippen LogP contribution is 2.45. The number of aromatic nitrogens is 1. The van der Waals surface area contributed by atoms with Gasteiger partial charge in [0.05, 0.1) is 0 Å². The fourth-order valence-corrected chi connectivity index (χ4v) is 3.35. The minimum absolute atomic E-state index is 0.0353. The Balaban J connectivity index is 1.81. The maximum Gasteiger partial charge on any atom is 0.413 e. The molecule has 1 aliphatic heterocycles. The molecule has 1 unspecified atom stereocenters. The summed E-state index contributed by atoms with van der Waals surface area (Å²) in [5.74, 6) is 0.589. The van der Waals surface area contributed by atoms with Crippen LogP contribution < -0.4 is 5.32 Å². The van der Waals surface area contributed by atoms with Gasteiger partial charge in [0.1, 0.15) is 5.82 Å². The van der Waals surface area contributed by atoms with Gasteiger partial charge in [-0.2, -0.15) is 0 Å². The number of anilines is 1. The summed E-state index contributed by atoms with van der Waals surface area (Å²) in [4.78, 5) is 27.7. The van der Waals surface area contributed by atoms with Crippen molar-refractivity contribution in [1.82, 2.24) is 4.98 Å². The van der Waals surface area contributed by atoms with Crippen LogP contribution in [-0.2, 0) is 23.2 Å². The molecule has 1 atom stereocenters. The number of ether oxygens (including phenoxy) is 1. The summed E-state index contributed by atoms with van der Waals surface area (Å²) in [6.45, 7) is 1.55. The lowest BCUT2D eigenvalue weighted by Crippen LogP contribution is -2.40. The molecule has 22 heavy (non-hydrogen) atoms. The van der Waals surface area contributed by atoms with Gasteiger partial charge in [0, 0.05) is 30.2 Å². The summed E-state index contributed by atoms with van der Waals surface area (Å²) in [6, 6.07) is 9.45. The third-order valence-corrected chi connectivity index (χ3v) is 4.37. The molecule has 0 bridgehead atoms. The van der Waals surface area contributed by atoms with E-state index in [9.17, 15) is 9.59 Å². The Hall–Kier alpha value is -2.69. The third kappa shape index (κ3) is 1.82. The smallest absolute Gasteiger partial charge is 0.413 e. The van der Waals surface area contributed by atoms with Gasteiger partial charge in [0.2, 0.25) is 0 Å². The zero-order valence-corrected chi connectivity index (χ0v) is 12.1. The molecule has 2 aliphatic rings. The molecule has 1 aromatic heterocycles. The minimum Gasteiger partial charge on any atom is -0.437 e. The summed E-state index contributed by atoms with van der Waals surface area (Å²) in [6.07, 6.45) is 2.34. The molecule has 4 rings (SSSR count). The first kappa shape index (κ1) is 13.0. The average Bonchev–Trinajstić information content (AvgIpc) is 2.84. The van der Waals surface area contributed by atoms with Gasteiger partial charge in [-0.3, -0.25) is 10.1 Å². The third-order valence-electron chi connectivity index (χ3n) is 4.37. The van der Waals surface area contributed by atoms with Crippen LogP contribution in [0.5, 0.6) is 0 Å². The molecule has 0 saturated carbocycles. The molecule has 2 heterocycles. The first-order chi connectivity index (χ1) is 10.6. The van der Waals surface area contributed by atoms with Gasteiger partial charge in [0.15, 0.2) is 11.4 Å². The molecule has 1 amide bonds. The fraction of sp³-hybridized carbons (Fsp3) is 0.235. The van der Waals surface area contributed by atoms with Gasteiger partial charge in [-0.05, 0) is 36.2 Å². The van der Waals surface area contributed by atoms with Crippen molar-refractivity contribution in [3.05, 3.63) is 58.8 Å². The van der Waals surface area contributed by atoms with Crippen molar-refractivity contribution in [3.63, 3.8) is 0 Å². The highest BCUT2D eigenvalue weighted by Gasteiger charge is 2.47. The second kappa shape index (κ2) is 4.40. The van der Waals surface area contributed by atoms with Crippen molar-refractivity contribution >= 4 is 17.7 Å². The van der Waals surface area contributed by atoms with Crippen LogP contribution in [0.15, 0.2) is 36.5 Å². The molecule has 1 aliphatic carbocycles. The second-order valence-electron chi connectivity index (χ2n) is 5.80. The van der Waals surface area contributed by atoms with Crippen LogP contribution in [0.1, 0.15) is 34.0 Å². The Kier molecular flexibility index (Phi) is 2.60. The van der Waals surface area contributed by atoms with Crippen molar-refractivity contribution < 1.29 is 14.3 Å². The molecule has 1 spiro atoms. The standard InChI is InChI=1S/C17H14N2O3/c1-10(20)11-4-5-12-8-17(9-13(12)7-11)14-3-2-6-18-15(14)19-16(21)22-17/h2-7H,8-9H2,1H3,(H,18,19,21). The van der Waals surface area contributed by atoms with E-state index >= 15 is 0 Å². The van der Waals surface area contributed by atoms with Crippen LogP contribution in [0, 0.1) is 0 Å². The summed E-state index contributed by atoms with van der Waals surface area (Å²) >= 11 is 0. The van der Waals surface area contributed by atoms with Crippen LogP contribution in [-0.4, -0.2) is 16.9 Å². The SMILES string of the molecule is CC(=O)c1ccc2c(c1)CC1(C2)OC(=O)Nc2ncccc21. The fourth-order valence-electron chi connectivity index (χ4n) is 3.35. The second-order valence-corrected chi connectivity index (χ2v) is 5.80. The number of hydrogen-bond acceptors (Lipinski definition) is 4. The van der Waals surface area contributed by atoms with E-state index in [0.29, 0.717) is 24.2 Å². The van der Waals surface area contributed by atoms with Crippen molar-refractivity contribution in [2.75, 3.05) is 5.32 Å². The van der Waals surface area contributed by atoms with E-state index in [2.05, 4.69) is 10.3 Å². The Bertz CT molecular complexity index is 815. The molecular formula is C17H14N2O3. The van der Waals surface area contributed by atoms with Crippen LogP contribution in [0.25, 0.3) is 0 Å². The van der Waals surface area contributed by atoms with E-state index in [1.807, 2.05) is 30.3 Å². The largest absolute Gasteiger partial charge is 0.437 e. The Morgan fingerprint density at radius 3 is 2.91 bits per heavy atom. The molecule has 1 aromatic carbocycles. The van der Waals surface area contributed by atoms with Gasteiger partial charge in [-0.15, -0.1) is 0 Å². The molecule has 0 saturated heterocycles. The number of Topliss-reactive ketones (excluding diaryl/α,β-unsaturated/α-hetero) is 1. The molecular weight excluding hydrogens is 280 g/mol. The summed E-state index contributed by atoms with van der Waals surface area (Å²) < 4.78 is 5.67. The van der Waals surface area contributed by atoms with Gasteiger partial charge < -0.3 is 4.74 Å². The highest BCUT2D eigenvalue weighted by molar-refractivity contribution is 5.94. The average molecular weight is 294 g/mol. The number of hydrogen-bond donors (Lipinski definition) is 1. The Morgan fingerprint density at radius 2 is 2.09 bits per heavy atom. The van der Waals surface area contributed by atoms with Gasteiger partial charge in [-0.1, -0.05) is 12.1 Å². The quantitative estimate of drug-likeness (QED) is 0.821. The predicted molar refractivity (Wildman–Crippen MR) is 79.9 cm³/mol. The number of nitrogens with one attached hydrogen (secondary N) is 1. The number of carbonyl (C=O) groups is 2. The maximum absolute atomic E-state index is 11.9. The zero-order chi connectivity index (χ0) is 15.3. The first-order valence-corrected chi connectivity index (χ1v) is 7.16. The molecule has 0 radical (unpaired) electrons. The number of benzene rings is 1. The number of amides is 1. The Labute approximate surface area is 127 Å². The lowest BCUT2D eigenvalue weighted by Gasteiger charge is -2.34. The molecule has 5 heteroatoms. The van der Waals surface area contributed by atoms with Crippen molar-refractivity contribution in [2.24, 2.45) is 0 Å². The molecule has 110 valence electrons. The minimum atomic E-state index is -0.719. The number of ketones is 1. The summed E-state index contributed by atoms with van der Waals surface area (Å²) in [7, 11) is 0. The molecule has 0 fully saturated rings. The normalized spacial score (nSPS) is 21.8. The Morgan fingerprint density at radius 1 is 1.27 bits per heavy atom. The highest BCUT2D eigenvalue weighted by atomic mass is 16.6. The number of carbonyl (C=O) groups excluding carboxylic acids is 2. The van der Waals surface area contributed by atoms with Crippen molar-refractivity contribution in [2.45, 2.75) is 25.4 Å².